The summed E-state index contributed by atoms with van der Waals surface area (Å²) in [6.07, 6.45) is 8.80. The second-order valence-corrected chi connectivity index (χ2v) is 13.8. The number of carbonyl (C=O) groups is 4. The minimum absolute atomic E-state index is 0.0626. The van der Waals surface area contributed by atoms with Gasteiger partial charge in [-0.3, -0.25) is 19.2 Å². The molecular formula is C43H42N6O5. The van der Waals surface area contributed by atoms with Gasteiger partial charge in [-0.25, -0.2) is 0 Å². The highest BCUT2D eigenvalue weighted by Gasteiger charge is 2.31. The number of primary amides is 1. The minimum atomic E-state index is -1.14. The number of carbonyl (C=O) groups excluding carboxylic acids is 4. The molecule has 274 valence electrons. The van der Waals surface area contributed by atoms with Crippen LogP contribution in [0.1, 0.15) is 39.8 Å². The summed E-state index contributed by atoms with van der Waals surface area (Å²) in [5, 5.41) is 21.1. The molecule has 4 aromatic carbocycles. The van der Waals surface area contributed by atoms with Crippen LogP contribution in [0.4, 0.5) is 0 Å². The van der Waals surface area contributed by atoms with E-state index < -0.39 is 35.8 Å². The first-order valence-electron chi connectivity index (χ1n) is 18.1. The van der Waals surface area contributed by atoms with E-state index in [-0.39, 0.29) is 37.3 Å². The van der Waals surface area contributed by atoms with Gasteiger partial charge in [0, 0.05) is 59.9 Å². The monoisotopic (exact) mass is 722 g/mol. The first kappa shape index (κ1) is 35.8. The maximum atomic E-state index is 14.3. The lowest BCUT2D eigenvalue weighted by molar-refractivity contribution is -0.133. The van der Waals surface area contributed by atoms with Gasteiger partial charge < -0.3 is 36.8 Å². The van der Waals surface area contributed by atoms with Crippen molar-refractivity contribution in [2.75, 3.05) is 0 Å². The van der Waals surface area contributed by atoms with Gasteiger partial charge in [0.15, 0.2) is 0 Å². The summed E-state index contributed by atoms with van der Waals surface area (Å²) >= 11 is 0. The van der Waals surface area contributed by atoms with Crippen molar-refractivity contribution < 1.29 is 24.3 Å². The van der Waals surface area contributed by atoms with Gasteiger partial charge in [-0.05, 0) is 64.4 Å². The number of benzene rings is 4. The molecule has 7 rings (SSSR count). The number of fused-ring (bicyclic) bond motifs is 6. The van der Waals surface area contributed by atoms with Crippen LogP contribution in [-0.4, -0.2) is 56.8 Å². The molecule has 3 heterocycles. The highest BCUT2D eigenvalue weighted by Crippen LogP contribution is 2.23. The zero-order valence-electron chi connectivity index (χ0n) is 29.6. The van der Waals surface area contributed by atoms with E-state index in [2.05, 4.69) is 25.9 Å². The molecule has 0 aliphatic carbocycles. The standard InChI is InChI=1S/C43H42N6O5/c44-41(52)36-21-28-15-17-39(50)29(20-28)10-6-9-26-7-5-8-27(19-26)16-18-40(51)47-37(22-30-24-45-34-13-3-1-11-32(30)34)42(53)49-38(43(54)48-36)23-31-25-46-35-14-4-2-12-33(31)35/h1-9,11-15,17,19-20,24-25,36-38,45-46,50H,10,16,18,21-23H2,(H2,44,52)(H,47,51)(H,48,54)(H,49,53)/b9-6+/t36-,37-,38-/m0/s1. The molecule has 4 amide bonds. The fraction of sp³-hybridized carbons (Fsp3) is 0.209. The highest BCUT2D eigenvalue weighted by atomic mass is 16.3. The molecule has 54 heavy (non-hydrogen) atoms. The summed E-state index contributed by atoms with van der Waals surface area (Å²) in [6, 6.07) is 24.9. The Morgan fingerprint density at radius 2 is 1.35 bits per heavy atom. The van der Waals surface area contributed by atoms with Crippen LogP contribution >= 0.6 is 0 Å². The summed E-state index contributed by atoms with van der Waals surface area (Å²) in [5.41, 5.74) is 12.4. The van der Waals surface area contributed by atoms with E-state index in [4.69, 9.17) is 5.73 Å². The Bertz CT molecular complexity index is 2370. The Kier molecular flexibility index (Phi) is 10.6. The van der Waals surface area contributed by atoms with Gasteiger partial charge in [-0.15, -0.1) is 0 Å². The first-order valence-corrected chi connectivity index (χ1v) is 18.1. The Morgan fingerprint density at radius 1 is 0.704 bits per heavy atom. The molecule has 0 radical (unpaired) electrons. The topological polar surface area (TPSA) is 182 Å². The van der Waals surface area contributed by atoms with Crippen LogP contribution in [0, 0.1) is 0 Å². The molecule has 0 saturated carbocycles. The number of para-hydroxylation sites is 2. The van der Waals surface area contributed by atoms with Crippen LogP contribution in [0.5, 0.6) is 5.75 Å². The Balaban J connectivity index is 1.25. The number of allylic oxidation sites excluding steroid dienone is 1. The van der Waals surface area contributed by atoms with E-state index in [1.54, 1.807) is 24.4 Å². The highest BCUT2D eigenvalue weighted by molar-refractivity contribution is 5.95. The Hall–Kier alpha value is -6.62. The third-order valence-electron chi connectivity index (χ3n) is 9.97. The average Bonchev–Trinajstić information content (AvgIpc) is 3.78. The number of aromatic amines is 2. The SMILES string of the molecule is NC(=O)[C@@H]1Cc2ccc(O)c(c2)C/C=C/c2cccc(c2)CCC(=O)N[C@@H](Cc2c[nH]c3ccccc23)C(=O)N[C@@H](Cc2c[nH]c3ccccc23)C(=O)N1. The largest absolute Gasteiger partial charge is 0.508 e. The Morgan fingerprint density at radius 3 is 2.04 bits per heavy atom. The van der Waals surface area contributed by atoms with Gasteiger partial charge in [0.05, 0.1) is 0 Å². The molecular weight excluding hydrogens is 681 g/mol. The van der Waals surface area contributed by atoms with Crippen molar-refractivity contribution in [1.82, 2.24) is 25.9 Å². The van der Waals surface area contributed by atoms with Crippen molar-refractivity contribution in [3.05, 3.63) is 143 Å². The molecule has 6 aromatic rings. The van der Waals surface area contributed by atoms with E-state index in [9.17, 15) is 24.3 Å². The van der Waals surface area contributed by atoms with E-state index in [0.29, 0.717) is 24.0 Å². The molecule has 8 N–H and O–H groups in total. The summed E-state index contributed by atoms with van der Waals surface area (Å²) < 4.78 is 0. The number of aromatic hydroxyl groups is 1. The van der Waals surface area contributed by atoms with Crippen LogP contribution in [-0.2, 0) is 51.3 Å². The molecule has 11 heteroatoms. The number of hydrogen-bond acceptors (Lipinski definition) is 5. The molecule has 4 bridgehead atoms. The Labute approximate surface area is 312 Å². The number of hydrogen-bond donors (Lipinski definition) is 7. The first-order chi connectivity index (χ1) is 26.2. The van der Waals surface area contributed by atoms with E-state index in [1.165, 1.54) is 0 Å². The van der Waals surface area contributed by atoms with Gasteiger partial charge in [0.25, 0.3) is 0 Å². The fourth-order valence-electron chi connectivity index (χ4n) is 7.09. The molecule has 3 atom stereocenters. The summed E-state index contributed by atoms with van der Waals surface area (Å²) in [5.74, 6) is -2.13. The molecule has 0 unspecified atom stereocenters. The van der Waals surface area contributed by atoms with Gasteiger partial charge in [0.2, 0.25) is 23.6 Å². The summed E-state index contributed by atoms with van der Waals surface area (Å²) in [4.78, 5) is 61.4. The maximum Gasteiger partial charge on any atom is 0.243 e. The molecule has 1 aliphatic heterocycles. The van der Waals surface area contributed by atoms with Crippen molar-refractivity contribution in [2.24, 2.45) is 5.73 Å². The normalized spacial score (nSPS) is 19.3. The number of phenols is 1. The second-order valence-electron chi connectivity index (χ2n) is 13.8. The number of aromatic nitrogens is 2. The predicted molar refractivity (Wildman–Crippen MR) is 208 cm³/mol. The van der Waals surface area contributed by atoms with Crippen LogP contribution in [0.15, 0.2) is 109 Å². The second kappa shape index (κ2) is 16.0. The lowest BCUT2D eigenvalue weighted by Crippen LogP contribution is -2.57. The van der Waals surface area contributed by atoms with Crippen molar-refractivity contribution >= 4 is 51.5 Å². The number of rotatable bonds is 5. The summed E-state index contributed by atoms with van der Waals surface area (Å²) in [6.45, 7) is 0. The molecule has 0 fully saturated rings. The number of phenolic OH excluding ortho intramolecular Hbond substituents is 1. The number of nitrogens with two attached hydrogens (primary N) is 1. The fourth-order valence-corrected chi connectivity index (χ4v) is 7.09. The number of nitrogens with one attached hydrogen (secondary N) is 5. The minimum Gasteiger partial charge on any atom is -0.508 e. The van der Waals surface area contributed by atoms with Crippen molar-refractivity contribution in [2.45, 2.75) is 56.7 Å². The number of aryl methyl sites for hydroxylation is 1. The average molecular weight is 723 g/mol. The quantitative estimate of drug-likeness (QED) is 0.138. The number of amides is 4. The lowest BCUT2D eigenvalue weighted by Gasteiger charge is -2.25. The summed E-state index contributed by atoms with van der Waals surface area (Å²) in [7, 11) is 0. The van der Waals surface area contributed by atoms with Crippen LogP contribution in [0.3, 0.4) is 0 Å². The van der Waals surface area contributed by atoms with Crippen LogP contribution in [0.25, 0.3) is 27.9 Å². The van der Waals surface area contributed by atoms with Crippen molar-refractivity contribution in [3.8, 4) is 5.75 Å². The van der Waals surface area contributed by atoms with Crippen molar-refractivity contribution in [1.29, 1.82) is 0 Å². The molecule has 1 aliphatic rings. The van der Waals surface area contributed by atoms with Gasteiger partial charge in [-0.1, -0.05) is 84.9 Å². The van der Waals surface area contributed by atoms with Crippen molar-refractivity contribution in [3.63, 3.8) is 0 Å². The predicted octanol–water partition coefficient (Wildman–Crippen LogP) is 4.52. The van der Waals surface area contributed by atoms with Crippen LogP contribution < -0.4 is 21.7 Å². The van der Waals surface area contributed by atoms with Gasteiger partial charge >= 0.3 is 0 Å². The smallest absolute Gasteiger partial charge is 0.243 e. The zero-order chi connectivity index (χ0) is 37.6. The molecule has 2 aromatic heterocycles. The molecule has 0 spiro atoms. The van der Waals surface area contributed by atoms with Gasteiger partial charge in [0.1, 0.15) is 23.9 Å². The third kappa shape index (κ3) is 8.36. The van der Waals surface area contributed by atoms with Crippen LogP contribution in [0.2, 0.25) is 0 Å². The zero-order valence-corrected chi connectivity index (χ0v) is 29.6. The number of H-pyrrole nitrogens is 2. The van der Waals surface area contributed by atoms with Gasteiger partial charge in [-0.2, -0.15) is 0 Å². The third-order valence-corrected chi connectivity index (χ3v) is 9.97. The van der Waals surface area contributed by atoms with E-state index in [1.807, 2.05) is 91.1 Å². The lowest BCUT2D eigenvalue weighted by atomic mass is 9.99. The van der Waals surface area contributed by atoms with E-state index >= 15 is 0 Å². The molecule has 0 saturated heterocycles. The van der Waals surface area contributed by atoms with E-state index in [0.717, 1.165) is 44.1 Å². The maximum absolute atomic E-state index is 14.3. The molecule has 11 nitrogen and oxygen atoms in total.